The van der Waals surface area contributed by atoms with Gasteiger partial charge in [0.15, 0.2) is 10.0 Å². The van der Waals surface area contributed by atoms with Gasteiger partial charge in [0.05, 0.1) is 16.1 Å². The number of rotatable bonds is 6. The monoisotopic (exact) mass is 537 g/mol. The summed E-state index contributed by atoms with van der Waals surface area (Å²) in [5.41, 5.74) is 1.08. The average molecular weight is 538 g/mol. The summed E-state index contributed by atoms with van der Waals surface area (Å²) in [6.45, 7) is 9.20. The molecule has 0 spiro atoms. The Bertz CT molecular complexity index is 1410. The number of fused-ring (bicyclic) bond motifs is 1. The van der Waals surface area contributed by atoms with Crippen LogP contribution < -0.4 is 9.62 Å². The summed E-state index contributed by atoms with van der Waals surface area (Å²) < 4.78 is 56.2. The molecule has 0 bridgehead atoms. The van der Waals surface area contributed by atoms with Crippen LogP contribution in [0.5, 0.6) is 0 Å². The first-order valence-electron chi connectivity index (χ1n) is 11.8. The van der Waals surface area contributed by atoms with Gasteiger partial charge in [-0.3, -0.25) is 4.90 Å². The van der Waals surface area contributed by atoms with E-state index < -0.39 is 27.0 Å². The normalized spacial score (nSPS) is 22.5. The molecule has 0 radical (unpaired) electrons. The molecule has 2 fully saturated rings. The van der Waals surface area contributed by atoms with Gasteiger partial charge in [0.1, 0.15) is 11.5 Å². The molecular weight excluding hydrogens is 508 g/mol. The molecule has 3 heterocycles. The van der Waals surface area contributed by atoms with E-state index in [4.69, 9.17) is 0 Å². The maximum Gasteiger partial charge on any atom is 0.291 e. The van der Waals surface area contributed by atoms with Crippen LogP contribution in [0.2, 0.25) is 0 Å². The van der Waals surface area contributed by atoms with Gasteiger partial charge in [0.25, 0.3) is 6.43 Å². The Labute approximate surface area is 213 Å². The number of benzene rings is 1. The molecule has 13 heteroatoms. The molecule has 194 valence electrons. The van der Waals surface area contributed by atoms with Gasteiger partial charge in [-0.2, -0.15) is 0 Å². The molecule has 1 saturated heterocycles. The van der Waals surface area contributed by atoms with E-state index in [0.29, 0.717) is 41.2 Å². The van der Waals surface area contributed by atoms with Gasteiger partial charge in [-0.1, -0.05) is 11.3 Å². The predicted octanol–water partition coefficient (Wildman–Crippen LogP) is 3.75. The second-order valence-electron chi connectivity index (χ2n) is 10.1. The molecule has 3 aromatic rings. The van der Waals surface area contributed by atoms with Crippen LogP contribution in [-0.4, -0.2) is 71.2 Å². The van der Waals surface area contributed by atoms with Crippen molar-refractivity contribution in [1.82, 2.24) is 29.8 Å². The number of hydrogen-bond acceptors (Lipinski definition) is 9. The van der Waals surface area contributed by atoms with Crippen molar-refractivity contribution in [3.8, 4) is 10.7 Å². The number of halogens is 2. The van der Waals surface area contributed by atoms with Crippen molar-refractivity contribution in [2.24, 2.45) is 0 Å². The van der Waals surface area contributed by atoms with Crippen LogP contribution in [0.3, 0.4) is 0 Å². The third-order valence-electron chi connectivity index (χ3n) is 7.09. The second kappa shape index (κ2) is 8.89. The fourth-order valence-corrected chi connectivity index (χ4v) is 6.77. The maximum atomic E-state index is 13.5. The lowest BCUT2D eigenvalue weighted by Crippen LogP contribution is -2.55. The Morgan fingerprint density at radius 3 is 2.39 bits per heavy atom. The lowest BCUT2D eigenvalue weighted by atomic mass is 10.1. The smallest absolute Gasteiger partial charge is 0.291 e. The van der Waals surface area contributed by atoms with E-state index in [1.54, 1.807) is 13.0 Å². The maximum absolute atomic E-state index is 13.5. The Morgan fingerprint density at radius 2 is 1.81 bits per heavy atom. The van der Waals surface area contributed by atoms with Crippen molar-refractivity contribution >= 4 is 38.0 Å². The van der Waals surface area contributed by atoms with Crippen LogP contribution in [-0.2, 0) is 10.0 Å². The van der Waals surface area contributed by atoms with Gasteiger partial charge in [-0.25, -0.2) is 31.9 Å². The molecule has 1 aliphatic carbocycles. The fourth-order valence-electron chi connectivity index (χ4n) is 4.55. The molecule has 1 N–H and O–H groups in total. The molecule has 36 heavy (non-hydrogen) atoms. The summed E-state index contributed by atoms with van der Waals surface area (Å²) in [4.78, 5) is 13.7. The quantitative estimate of drug-likeness (QED) is 0.507. The molecule has 0 amide bonds. The van der Waals surface area contributed by atoms with E-state index in [2.05, 4.69) is 55.6 Å². The number of nitrogens with zero attached hydrogens (tertiary/aromatic N) is 6. The number of nitrogens with one attached hydrogen (secondary N) is 1. The molecule has 5 rings (SSSR count). The first-order chi connectivity index (χ1) is 16.9. The van der Waals surface area contributed by atoms with Crippen molar-refractivity contribution < 1.29 is 17.2 Å². The third kappa shape index (κ3) is 4.69. The summed E-state index contributed by atoms with van der Waals surface area (Å²) in [5, 5.41) is 7.78. The number of sulfonamides is 1. The van der Waals surface area contributed by atoms with Gasteiger partial charge in [-0.05, 0) is 59.7 Å². The number of likely N-dealkylation sites (N-methyl/N-ethyl adjacent to an activating group) is 1. The van der Waals surface area contributed by atoms with Gasteiger partial charge >= 0.3 is 0 Å². The van der Waals surface area contributed by atoms with Crippen molar-refractivity contribution in [3.63, 3.8) is 0 Å². The van der Waals surface area contributed by atoms with Crippen molar-refractivity contribution in [1.29, 1.82) is 0 Å². The van der Waals surface area contributed by atoms with Crippen molar-refractivity contribution in [2.45, 2.75) is 69.5 Å². The largest absolute Gasteiger partial charge is 0.367 e. The minimum atomic E-state index is -3.86. The van der Waals surface area contributed by atoms with E-state index in [9.17, 15) is 17.2 Å². The summed E-state index contributed by atoms with van der Waals surface area (Å²) >= 11 is 0.746. The molecule has 1 aliphatic heterocycles. The van der Waals surface area contributed by atoms with Crippen LogP contribution in [0.1, 0.15) is 50.9 Å². The number of alkyl halides is 2. The van der Waals surface area contributed by atoms with Crippen molar-refractivity contribution in [2.75, 3.05) is 25.0 Å². The second-order valence-corrected chi connectivity index (χ2v) is 12.8. The Morgan fingerprint density at radius 1 is 1.14 bits per heavy atom. The molecule has 2 aliphatic rings. The van der Waals surface area contributed by atoms with Crippen LogP contribution in [0.15, 0.2) is 17.0 Å². The number of hydrogen-bond donors (Lipinski definition) is 1. The van der Waals surface area contributed by atoms with Crippen LogP contribution in [0.25, 0.3) is 21.6 Å². The predicted molar refractivity (Wildman–Crippen MR) is 135 cm³/mol. The van der Waals surface area contributed by atoms with E-state index >= 15 is 0 Å². The van der Waals surface area contributed by atoms with Crippen molar-refractivity contribution in [3.05, 3.63) is 23.0 Å². The number of piperazine rings is 1. The zero-order valence-corrected chi connectivity index (χ0v) is 22.4. The molecule has 9 nitrogen and oxygen atoms in total. The Balaban J connectivity index is 1.74. The van der Waals surface area contributed by atoms with E-state index in [0.717, 1.165) is 24.2 Å². The standard InChI is InChI=1S/C23H29F2N7O2S2/c1-12-10-32(11-13(2)31(12)5)17-9-15(36(33,34)30-23(4)6-7-23)8-16-18(17)26-14(3)27-19(16)21-28-29-22(35-21)20(24)25/h8-9,12-13,20,30H,6-7,10-11H2,1-5H3/t12-,13-/m0/s1. The Hall–Kier alpha value is -2.35. The lowest BCUT2D eigenvalue weighted by molar-refractivity contribution is 0.150. The zero-order chi connectivity index (χ0) is 26.0. The number of aryl methyl sites for hydroxylation is 1. The highest BCUT2D eigenvalue weighted by molar-refractivity contribution is 7.89. The highest BCUT2D eigenvalue weighted by Crippen LogP contribution is 2.40. The molecule has 2 aromatic heterocycles. The van der Waals surface area contributed by atoms with E-state index in [-0.39, 0.29) is 22.0 Å². The molecule has 1 saturated carbocycles. The van der Waals surface area contributed by atoms with Gasteiger partial charge < -0.3 is 4.90 Å². The van der Waals surface area contributed by atoms with Crippen LogP contribution in [0.4, 0.5) is 14.5 Å². The molecule has 2 atom stereocenters. The zero-order valence-electron chi connectivity index (χ0n) is 20.8. The minimum Gasteiger partial charge on any atom is -0.367 e. The number of anilines is 1. The summed E-state index contributed by atoms with van der Waals surface area (Å²) in [5.74, 6) is 0.432. The first-order valence-corrected chi connectivity index (χ1v) is 14.1. The molecule has 1 aromatic carbocycles. The minimum absolute atomic E-state index is 0.0876. The fraction of sp³-hybridized carbons (Fsp3) is 0.565. The lowest BCUT2D eigenvalue weighted by Gasteiger charge is -2.43. The average Bonchev–Trinajstić information content (AvgIpc) is 3.30. The Kier molecular flexibility index (Phi) is 6.25. The highest BCUT2D eigenvalue weighted by Gasteiger charge is 2.41. The topological polar surface area (TPSA) is 104 Å². The van der Waals surface area contributed by atoms with Gasteiger partial charge in [-0.15, -0.1) is 10.2 Å². The van der Waals surface area contributed by atoms with Gasteiger partial charge in [0, 0.05) is 36.1 Å². The van der Waals surface area contributed by atoms with Gasteiger partial charge in [0.2, 0.25) is 10.0 Å². The van der Waals surface area contributed by atoms with E-state index in [1.165, 1.54) is 6.07 Å². The van der Waals surface area contributed by atoms with E-state index in [1.807, 2.05) is 6.92 Å². The SMILES string of the molecule is Cc1nc(-c2nnc(C(F)F)s2)c2cc(S(=O)(=O)NC3(C)CC3)cc(N3C[C@H](C)N(C)[C@@H](C)C3)c2n1. The summed E-state index contributed by atoms with van der Waals surface area (Å²) in [6.07, 6.45) is -1.21. The summed E-state index contributed by atoms with van der Waals surface area (Å²) in [6, 6.07) is 3.65. The summed E-state index contributed by atoms with van der Waals surface area (Å²) in [7, 11) is -1.78. The highest BCUT2D eigenvalue weighted by atomic mass is 32.2. The molecular formula is C23H29F2N7O2S2. The number of aromatic nitrogens is 4. The third-order valence-corrected chi connectivity index (χ3v) is 9.64. The van der Waals surface area contributed by atoms with Crippen LogP contribution in [0, 0.1) is 6.92 Å². The van der Waals surface area contributed by atoms with Crippen LogP contribution >= 0.6 is 11.3 Å². The first kappa shape index (κ1) is 25.3. The molecule has 0 unspecified atom stereocenters.